The summed E-state index contributed by atoms with van der Waals surface area (Å²) < 4.78 is 2.75. The van der Waals surface area contributed by atoms with E-state index in [0.717, 1.165) is 0 Å². The third-order valence-electron chi connectivity index (χ3n) is 3.49. The molecule has 0 aliphatic rings. The second-order valence-corrected chi connectivity index (χ2v) is 11.8. The maximum atomic E-state index is 2.75. The van der Waals surface area contributed by atoms with Gasteiger partial charge >= 0.3 is 108 Å². The average molecular weight is 286 g/mol. The van der Waals surface area contributed by atoms with Gasteiger partial charge in [0.05, 0.1) is 0 Å². The van der Waals surface area contributed by atoms with Gasteiger partial charge in [0.2, 0.25) is 0 Å². The van der Waals surface area contributed by atoms with E-state index in [0.29, 0.717) is 12.1 Å². The maximum absolute atomic E-state index is 2.75. The van der Waals surface area contributed by atoms with Gasteiger partial charge in [-0.3, -0.25) is 0 Å². The van der Waals surface area contributed by atoms with Gasteiger partial charge in [-0.1, -0.05) is 0 Å². The minimum absolute atomic E-state index is 0.655. The second kappa shape index (κ2) is 7.77. The first-order valence-corrected chi connectivity index (χ1v) is 12.3. The monoisotopic (exact) mass is 285 g/mol. The summed E-state index contributed by atoms with van der Waals surface area (Å²) in [4.78, 5) is 4.63. The van der Waals surface area contributed by atoms with Gasteiger partial charge in [0.1, 0.15) is 0 Å². The van der Waals surface area contributed by atoms with E-state index >= 15 is 0 Å². The van der Waals surface area contributed by atoms with Crippen LogP contribution in [0, 0.1) is 0 Å². The molecular weight excluding hydrogens is 256 g/mol. The first-order valence-electron chi connectivity index (χ1n) is 6.32. The molecule has 0 aromatic heterocycles. The van der Waals surface area contributed by atoms with Crippen LogP contribution in [-0.2, 0) is 0 Å². The number of hydrogen-bond acceptors (Lipinski definition) is 3. The first kappa shape index (κ1) is 16.5. The molecule has 0 spiro atoms. The van der Waals surface area contributed by atoms with Crippen LogP contribution in [0.1, 0.15) is 13.8 Å². The van der Waals surface area contributed by atoms with Crippen molar-refractivity contribution in [2.45, 2.75) is 36.9 Å². The molecule has 0 aromatic carbocycles. The molecule has 3 nitrogen and oxygen atoms in total. The van der Waals surface area contributed by atoms with E-state index in [9.17, 15) is 0 Å². The summed E-state index contributed by atoms with van der Waals surface area (Å²) in [6.45, 7) is 7.08. The summed E-state index contributed by atoms with van der Waals surface area (Å²) in [7, 11) is 8.69. The van der Waals surface area contributed by atoms with Crippen LogP contribution in [0.15, 0.2) is 0 Å². The molecule has 0 N–H and O–H groups in total. The van der Waals surface area contributed by atoms with Gasteiger partial charge in [-0.05, 0) is 0 Å². The van der Waals surface area contributed by atoms with Crippen molar-refractivity contribution in [1.82, 2.24) is 13.4 Å². The predicted molar refractivity (Wildman–Crippen MR) is 75.4 cm³/mol. The van der Waals surface area contributed by atoms with Crippen molar-refractivity contribution in [2.24, 2.45) is 0 Å². The summed E-state index contributed by atoms with van der Waals surface area (Å²) in [5, 5.41) is 0. The zero-order valence-electron chi connectivity index (χ0n) is 12.5. The van der Waals surface area contributed by atoms with E-state index in [4.69, 9.17) is 0 Å². The molecule has 0 fully saturated rings. The fraction of sp³-hybridized carbons (Fsp3) is 1.00. The zero-order chi connectivity index (χ0) is 12.9. The second-order valence-electron chi connectivity index (χ2n) is 5.67. The van der Waals surface area contributed by atoms with Crippen LogP contribution in [0.5, 0.6) is 0 Å². The van der Waals surface area contributed by atoms with E-state index < -0.39 is 16.5 Å². The van der Waals surface area contributed by atoms with Crippen molar-refractivity contribution in [2.75, 3.05) is 41.3 Å². The predicted octanol–water partition coefficient (Wildman–Crippen LogP) is 1.44. The van der Waals surface area contributed by atoms with Gasteiger partial charge in [0, 0.05) is 0 Å². The molecular formula is C12H30GaN3. The van der Waals surface area contributed by atoms with Crippen LogP contribution in [0.3, 0.4) is 0 Å². The molecule has 0 saturated carbocycles. The van der Waals surface area contributed by atoms with Gasteiger partial charge in [-0.25, -0.2) is 0 Å². The summed E-state index contributed by atoms with van der Waals surface area (Å²) in [5.74, 6) is 0. The number of rotatable bonds is 7. The third-order valence-corrected chi connectivity index (χ3v) is 7.44. The number of nitrogens with zero attached hydrogens (tertiary/aromatic N) is 3. The molecule has 0 aliphatic heterocycles. The molecule has 4 heteroatoms. The van der Waals surface area contributed by atoms with E-state index in [2.05, 4.69) is 66.4 Å². The van der Waals surface area contributed by atoms with Crippen LogP contribution in [-0.4, -0.2) is 83.2 Å². The first-order chi connectivity index (χ1) is 7.25. The van der Waals surface area contributed by atoms with Gasteiger partial charge < -0.3 is 0 Å². The van der Waals surface area contributed by atoms with Crippen LogP contribution >= 0.6 is 0 Å². The van der Waals surface area contributed by atoms with Crippen molar-refractivity contribution >= 4 is 16.5 Å². The molecule has 0 aliphatic carbocycles. The Labute approximate surface area is 108 Å². The van der Waals surface area contributed by atoms with Crippen molar-refractivity contribution < 1.29 is 0 Å². The summed E-state index contributed by atoms with van der Waals surface area (Å²) in [5.41, 5.74) is 4.94. The molecule has 0 saturated heterocycles. The molecule has 0 radical (unpaired) electrons. The van der Waals surface area contributed by atoms with Crippen molar-refractivity contribution in [3.8, 4) is 0 Å². The molecule has 2 unspecified atom stereocenters. The van der Waals surface area contributed by atoms with Crippen molar-refractivity contribution in [3.05, 3.63) is 0 Å². The van der Waals surface area contributed by atoms with Gasteiger partial charge in [-0.2, -0.15) is 0 Å². The van der Waals surface area contributed by atoms with E-state index in [-0.39, 0.29) is 0 Å². The fourth-order valence-electron chi connectivity index (χ4n) is 1.50. The van der Waals surface area contributed by atoms with Crippen molar-refractivity contribution in [1.29, 1.82) is 0 Å². The van der Waals surface area contributed by atoms with Crippen LogP contribution in [0.2, 0.25) is 11.0 Å². The number of likely N-dealkylation sites (N-methyl/N-ethyl adjacent to an activating group) is 2. The molecule has 0 bridgehead atoms. The van der Waals surface area contributed by atoms with Crippen LogP contribution in [0.4, 0.5) is 0 Å². The Bertz CT molecular complexity index is 167. The Morgan fingerprint density at radius 2 is 1.12 bits per heavy atom. The summed E-state index contributed by atoms with van der Waals surface area (Å²) in [6, 6.07) is 1.31. The Morgan fingerprint density at radius 3 is 1.31 bits per heavy atom. The molecule has 0 aromatic rings. The third kappa shape index (κ3) is 6.30. The number of hydrogen-bond donors (Lipinski definition) is 0. The Hall–Kier alpha value is 0.516. The SMILES string of the molecule is CC(C[N](CC(C)N(C)C)[Ga]([CH3])[CH3])N(C)C. The molecule has 16 heavy (non-hydrogen) atoms. The Morgan fingerprint density at radius 1 is 0.812 bits per heavy atom. The van der Waals surface area contributed by atoms with Gasteiger partial charge in [0.25, 0.3) is 0 Å². The zero-order valence-corrected chi connectivity index (χ0v) is 14.9. The van der Waals surface area contributed by atoms with Gasteiger partial charge in [-0.15, -0.1) is 0 Å². The quantitative estimate of drug-likeness (QED) is 0.656. The molecule has 2 atom stereocenters. The molecule has 0 amide bonds. The van der Waals surface area contributed by atoms with E-state index in [1.807, 2.05) is 0 Å². The Kier molecular flexibility index (Phi) is 8.02. The molecule has 96 valence electrons. The standard InChI is InChI=1S/C10H24N3.2CH3.Ga/c1-9(12(3)4)7-11-8-10(2)13(5)6;;;/h9-10H,7-8H2,1-6H3;2*1H3;/q-1;;;+1. The topological polar surface area (TPSA) is 9.72 Å². The minimum atomic E-state index is -1.16. The van der Waals surface area contributed by atoms with Crippen LogP contribution in [0.25, 0.3) is 0 Å². The fourth-order valence-corrected chi connectivity index (χ4v) is 4.55. The van der Waals surface area contributed by atoms with Crippen LogP contribution < -0.4 is 0 Å². The normalized spacial score (nSPS) is 15.9. The Balaban J connectivity index is 4.28. The average Bonchev–Trinajstić information content (AvgIpc) is 2.15. The summed E-state index contributed by atoms with van der Waals surface area (Å²) >= 11 is -1.16. The van der Waals surface area contributed by atoms with E-state index in [1.54, 1.807) is 0 Å². The molecule has 0 rings (SSSR count). The van der Waals surface area contributed by atoms with Gasteiger partial charge in [0.15, 0.2) is 0 Å². The van der Waals surface area contributed by atoms with Crippen molar-refractivity contribution in [3.63, 3.8) is 0 Å². The molecule has 0 heterocycles. The summed E-state index contributed by atoms with van der Waals surface area (Å²) in [6.07, 6.45) is 0. The van der Waals surface area contributed by atoms with E-state index in [1.165, 1.54) is 13.1 Å².